The average Bonchev–Trinajstić information content (AvgIpc) is 2.96. The van der Waals surface area contributed by atoms with Gasteiger partial charge in [0.25, 0.3) is 0 Å². The summed E-state index contributed by atoms with van der Waals surface area (Å²) in [6.45, 7) is 4.31. The van der Waals surface area contributed by atoms with Crippen LogP contribution < -0.4 is 5.32 Å². The topological polar surface area (TPSA) is 69.6 Å². The third-order valence-corrected chi connectivity index (χ3v) is 7.93. The standard InChI is InChI=1S/C36H69NO3/c1-3-5-7-9-11-13-15-17-19-21-23-25-27-29-31-35(39)34(33-38)37-36(40)32-30-28-26-24-22-20-18-16-14-12-10-8-6-4-2/h16,18,21,23,34-35,38-39H,3-15,17,19-20,22,24-33H2,1-2H3,(H,37,40)/b18-16+,23-21+/t34-,35+/m0/s1. The van der Waals surface area contributed by atoms with Gasteiger partial charge in [0.2, 0.25) is 5.91 Å². The number of aliphatic hydroxyl groups is 2. The van der Waals surface area contributed by atoms with Crippen molar-refractivity contribution in [2.75, 3.05) is 6.61 Å². The molecule has 40 heavy (non-hydrogen) atoms. The minimum absolute atomic E-state index is 0.0520. The van der Waals surface area contributed by atoms with Crippen molar-refractivity contribution in [3.63, 3.8) is 0 Å². The highest BCUT2D eigenvalue weighted by Gasteiger charge is 2.19. The third-order valence-electron chi connectivity index (χ3n) is 7.93. The zero-order valence-corrected chi connectivity index (χ0v) is 26.9. The van der Waals surface area contributed by atoms with Gasteiger partial charge >= 0.3 is 0 Å². The molecule has 2 atom stereocenters. The molecule has 0 heterocycles. The number of amides is 1. The molecule has 0 aromatic rings. The first kappa shape index (κ1) is 38.9. The molecule has 1 amide bonds. The van der Waals surface area contributed by atoms with E-state index < -0.39 is 12.1 Å². The first-order valence-electron chi connectivity index (χ1n) is 17.5. The molecule has 0 unspecified atom stereocenters. The monoisotopic (exact) mass is 564 g/mol. The Morgan fingerprint density at radius 1 is 0.575 bits per heavy atom. The minimum atomic E-state index is -0.681. The summed E-state index contributed by atoms with van der Waals surface area (Å²) < 4.78 is 0. The van der Waals surface area contributed by atoms with Gasteiger partial charge in [0, 0.05) is 6.42 Å². The number of aliphatic hydroxyl groups excluding tert-OH is 2. The Balaban J connectivity index is 3.64. The Labute approximate surface area is 249 Å². The number of hydrogen-bond acceptors (Lipinski definition) is 3. The molecule has 0 aromatic carbocycles. The van der Waals surface area contributed by atoms with Gasteiger partial charge in [-0.3, -0.25) is 4.79 Å². The van der Waals surface area contributed by atoms with Crippen molar-refractivity contribution < 1.29 is 15.0 Å². The Bertz CT molecular complexity index is 574. The smallest absolute Gasteiger partial charge is 0.220 e. The zero-order chi connectivity index (χ0) is 29.4. The SMILES string of the molecule is CCCCCCC/C=C/CCCCCCCC(=O)N[C@@H](CO)[C@H](O)CCCC/C=C/CCCCCCCCCC. The Kier molecular flexibility index (Phi) is 31.5. The van der Waals surface area contributed by atoms with Crippen LogP contribution in [0.4, 0.5) is 0 Å². The molecule has 0 rings (SSSR count). The maximum absolute atomic E-state index is 12.3. The first-order chi connectivity index (χ1) is 19.7. The lowest BCUT2D eigenvalue weighted by Gasteiger charge is -2.22. The van der Waals surface area contributed by atoms with Crippen LogP contribution in [-0.4, -0.2) is 34.9 Å². The highest BCUT2D eigenvalue weighted by Crippen LogP contribution is 2.12. The molecular weight excluding hydrogens is 494 g/mol. The molecule has 0 aliphatic carbocycles. The van der Waals surface area contributed by atoms with Crippen LogP contribution in [0.2, 0.25) is 0 Å². The van der Waals surface area contributed by atoms with E-state index in [1.165, 1.54) is 116 Å². The van der Waals surface area contributed by atoms with E-state index in [9.17, 15) is 15.0 Å². The first-order valence-corrected chi connectivity index (χ1v) is 17.5. The Morgan fingerprint density at radius 3 is 1.38 bits per heavy atom. The van der Waals surface area contributed by atoms with Crippen LogP contribution in [0, 0.1) is 0 Å². The average molecular weight is 564 g/mol. The predicted octanol–water partition coefficient (Wildman–Crippen LogP) is 10.1. The van der Waals surface area contributed by atoms with E-state index in [0.717, 1.165) is 38.5 Å². The fourth-order valence-corrected chi connectivity index (χ4v) is 5.17. The fourth-order valence-electron chi connectivity index (χ4n) is 5.17. The van der Waals surface area contributed by atoms with Gasteiger partial charge in [-0.1, -0.05) is 134 Å². The number of carbonyl (C=O) groups is 1. The normalized spacial score (nSPS) is 13.4. The van der Waals surface area contributed by atoms with Crippen LogP contribution >= 0.6 is 0 Å². The van der Waals surface area contributed by atoms with Gasteiger partial charge in [-0.05, 0) is 64.2 Å². The quantitative estimate of drug-likeness (QED) is 0.0580. The summed E-state index contributed by atoms with van der Waals surface area (Å²) in [5.74, 6) is -0.0520. The minimum Gasteiger partial charge on any atom is -0.394 e. The van der Waals surface area contributed by atoms with E-state index in [4.69, 9.17) is 0 Å². The molecule has 0 saturated heterocycles. The summed E-state index contributed by atoms with van der Waals surface area (Å²) >= 11 is 0. The van der Waals surface area contributed by atoms with E-state index in [-0.39, 0.29) is 12.5 Å². The summed E-state index contributed by atoms with van der Waals surface area (Å²) in [6.07, 6.45) is 39.4. The molecule has 0 saturated carbocycles. The van der Waals surface area contributed by atoms with Crippen LogP contribution in [0.15, 0.2) is 24.3 Å². The van der Waals surface area contributed by atoms with Gasteiger partial charge in [0.1, 0.15) is 0 Å². The molecule has 0 aliphatic rings. The molecule has 0 aliphatic heterocycles. The van der Waals surface area contributed by atoms with Crippen molar-refractivity contribution >= 4 is 5.91 Å². The second-order valence-corrected chi connectivity index (χ2v) is 11.9. The molecule has 4 heteroatoms. The van der Waals surface area contributed by atoms with E-state index in [1.807, 2.05) is 0 Å². The van der Waals surface area contributed by atoms with Crippen LogP contribution in [-0.2, 0) is 4.79 Å². The largest absolute Gasteiger partial charge is 0.394 e. The number of unbranched alkanes of at least 4 members (excludes halogenated alkanes) is 20. The molecule has 0 aromatic heterocycles. The predicted molar refractivity (Wildman–Crippen MR) is 175 cm³/mol. The fraction of sp³-hybridized carbons (Fsp3) is 0.861. The lowest BCUT2D eigenvalue weighted by molar-refractivity contribution is -0.123. The van der Waals surface area contributed by atoms with E-state index >= 15 is 0 Å². The lowest BCUT2D eigenvalue weighted by Crippen LogP contribution is -2.45. The van der Waals surface area contributed by atoms with Crippen molar-refractivity contribution in [3.05, 3.63) is 24.3 Å². The maximum atomic E-state index is 12.3. The lowest BCUT2D eigenvalue weighted by atomic mass is 10.0. The molecule has 4 nitrogen and oxygen atoms in total. The number of allylic oxidation sites excluding steroid dienone is 4. The summed E-state index contributed by atoms with van der Waals surface area (Å²) in [7, 11) is 0. The van der Waals surface area contributed by atoms with Crippen molar-refractivity contribution in [1.82, 2.24) is 5.32 Å². The van der Waals surface area contributed by atoms with E-state index in [2.05, 4.69) is 43.5 Å². The second-order valence-electron chi connectivity index (χ2n) is 11.9. The maximum Gasteiger partial charge on any atom is 0.220 e. The second kappa shape index (κ2) is 32.4. The summed E-state index contributed by atoms with van der Waals surface area (Å²) in [5.41, 5.74) is 0. The molecule has 0 radical (unpaired) electrons. The van der Waals surface area contributed by atoms with E-state index in [1.54, 1.807) is 0 Å². The van der Waals surface area contributed by atoms with Crippen LogP contribution in [0.25, 0.3) is 0 Å². The van der Waals surface area contributed by atoms with Gasteiger partial charge < -0.3 is 15.5 Å². The zero-order valence-electron chi connectivity index (χ0n) is 26.9. The van der Waals surface area contributed by atoms with Crippen LogP contribution in [0.3, 0.4) is 0 Å². The van der Waals surface area contributed by atoms with Crippen molar-refractivity contribution in [3.8, 4) is 0 Å². The van der Waals surface area contributed by atoms with Crippen LogP contribution in [0.5, 0.6) is 0 Å². The van der Waals surface area contributed by atoms with Gasteiger partial charge in [-0.2, -0.15) is 0 Å². The molecule has 236 valence electrons. The van der Waals surface area contributed by atoms with Crippen molar-refractivity contribution in [1.29, 1.82) is 0 Å². The molecule has 0 fully saturated rings. The summed E-state index contributed by atoms with van der Waals surface area (Å²) in [6, 6.07) is -0.552. The molecular formula is C36H69NO3. The van der Waals surface area contributed by atoms with Gasteiger partial charge in [0.05, 0.1) is 18.8 Å². The van der Waals surface area contributed by atoms with Gasteiger partial charge in [-0.25, -0.2) is 0 Å². The van der Waals surface area contributed by atoms with Crippen molar-refractivity contribution in [2.24, 2.45) is 0 Å². The molecule has 0 spiro atoms. The number of carbonyl (C=O) groups excluding carboxylic acids is 1. The Hall–Kier alpha value is -1.13. The number of rotatable bonds is 31. The molecule has 0 bridgehead atoms. The van der Waals surface area contributed by atoms with E-state index in [0.29, 0.717) is 12.8 Å². The van der Waals surface area contributed by atoms with Gasteiger partial charge in [-0.15, -0.1) is 0 Å². The highest BCUT2D eigenvalue weighted by molar-refractivity contribution is 5.76. The number of hydrogen-bond donors (Lipinski definition) is 3. The molecule has 3 N–H and O–H groups in total. The third kappa shape index (κ3) is 28.4. The van der Waals surface area contributed by atoms with Crippen molar-refractivity contribution in [2.45, 2.75) is 193 Å². The van der Waals surface area contributed by atoms with Crippen LogP contribution in [0.1, 0.15) is 181 Å². The number of nitrogens with one attached hydrogen (secondary N) is 1. The highest BCUT2D eigenvalue weighted by atomic mass is 16.3. The summed E-state index contributed by atoms with van der Waals surface area (Å²) in [5, 5.41) is 23.0. The van der Waals surface area contributed by atoms with Gasteiger partial charge in [0.15, 0.2) is 0 Å². The summed E-state index contributed by atoms with van der Waals surface area (Å²) in [4.78, 5) is 12.3. The Morgan fingerprint density at radius 2 is 0.950 bits per heavy atom.